The van der Waals surface area contributed by atoms with Gasteiger partial charge in [-0.05, 0) is 30.3 Å². The summed E-state index contributed by atoms with van der Waals surface area (Å²) in [5.41, 5.74) is 2.13. The van der Waals surface area contributed by atoms with Gasteiger partial charge in [-0.2, -0.15) is 14.9 Å². The summed E-state index contributed by atoms with van der Waals surface area (Å²) in [5.74, 6) is 0.704. The van der Waals surface area contributed by atoms with E-state index >= 15 is 0 Å². The van der Waals surface area contributed by atoms with Crippen LogP contribution < -0.4 is 10.3 Å². The van der Waals surface area contributed by atoms with Crippen molar-refractivity contribution >= 4 is 10.9 Å². The molecule has 0 aliphatic carbocycles. The molecule has 0 saturated carbocycles. The minimum absolute atomic E-state index is 0.248. The highest BCUT2D eigenvalue weighted by atomic mass is 16.5. The number of aromatic amines is 1. The molecular formula is C16H12N4O2. The first-order chi connectivity index (χ1) is 10.8. The molecule has 0 radical (unpaired) electrons. The highest BCUT2D eigenvalue weighted by Crippen LogP contribution is 2.27. The Morgan fingerprint density at radius 2 is 1.91 bits per heavy atom. The van der Waals surface area contributed by atoms with Gasteiger partial charge in [0.2, 0.25) is 0 Å². The minimum Gasteiger partial charge on any atom is -0.497 e. The lowest BCUT2D eigenvalue weighted by Gasteiger charge is -2.04. The molecule has 6 heteroatoms. The van der Waals surface area contributed by atoms with Gasteiger partial charge in [0.1, 0.15) is 11.4 Å². The lowest BCUT2D eigenvalue weighted by Crippen LogP contribution is -2.15. The number of para-hydroxylation sites is 1. The molecule has 2 heterocycles. The van der Waals surface area contributed by atoms with E-state index < -0.39 is 0 Å². The fourth-order valence-corrected chi connectivity index (χ4v) is 2.48. The predicted octanol–water partition coefficient (Wildman–Crippen LogP) is 2.22. The van der Waals surface area contributed by atoms with Crippen molar-refractivity contribution in [3.05, 3.63) is 58.9 Å². The van der Waals surface area contributed by atoms with Crippen LogP contribution in [0.15, 0.2) is 53.3 Å². The molecule has 1 N–H and O–H groups in total. The maximum atomic E-state index is 12.5. The number of hydrogen-bond donors (Lipinski definition) is 1. The Morgan fingerprint density at radius 1 is 1.09 bits per heavy atom. The predicted molar refractivity (Wildman–Crippen MR) is 82.7 cm³/mol. The van der Waals surface area contributed by atoms with Crippen LogP contribution in [0.3, 0.4) is 0 Å². The molecule has 0 spiro atoms. The summed E-state index contributed by atoms with van der Waals surface area (Å²) < 4.78 is 6.61. The quantitative estimate of drug-likeness (QED) is 0.615. The molecule has 2 aliphatic rings. The first kappa shape index (κ1) is 12.6. The van der Waals surface area contributed by atoms with E-state index in [1.165, 1.54) is 4.68 Å². The Morgan fingerprint density at radius 3 is 2.68 bits per heavy atom. The number of nitrogens with zero attached hydrogens (tertiary/aromatic N) is 3. The van der Waals surface area contributed by atoms with Gasteiger partial charge >= 0.3 is 5.56 Å². The molecule has 108 valence electrons. The zero-order valence-electron chi connectivity index (χ0n) is 11.8. The van der Waals surface area contributed by atoms with E-state index in [4.69, 9.17) is 4.74 Å². The zero-order chi connectivity index (χ0) is 15.1. The monoisotopic (exact) mass is 292 g/mol. The average molecular weight is 292 g/mol. The van der Waals surface area contributed by atoms with Gasteiger partial charge in [-0.1, -0.05) is 18.2 Å². The maximum Gasteiger partial charge on any atom is 0.301 e. The number of H-pyrrole nitrogens is 1. The number of hydrogen-bond acceptors (Lipinski definition) is 4. The molecule has 22 heavy (non-hydrogen) atoms. The number of fused-ring (bicyclic) bond motifs is 3. The Hall–Kier alpha value is -3.15. The van der Waals surface area contributed by atoms with Crippen LogP contribution in [0.1, 0.15) is 0 Å². The fraction of sp³-hybridized carbons (Fsp3) is 0.0625. The van der Waals surface area contributed by atoms with Crippen molar-refractivity contribution in [3.8, 4) is 22.8 Å². The number of methoxy groups -OCH3 is 1. The van der Waals surface area contributed by atoms with Crippen molar-refractivity contribution in [2.75, 3.05) is 7.11 Å². The molecule has 0 fully saturated rings. The lowest BCUT2D eigenvalue weighted by molar-refractivity contribution is 0.415. The van der Waals surface area contributed by atoms with Crippen molar-refractivity contribution < 1.29 is 4.74 Å². The summed E-state index contributed by atoms with van der Waals surface area (Å²) >= 11 is 0. The Bertz CT molecular complexity index is 988. The third-order valence-corrected chi connectivity index (χ3v) is 3.59. The SMILES string of the molecule is COc1ccc2[nH]nc3c(=O)n(-c4ccccc4)nc-3c2c1. The van der Waals surface area contributed by atoms with Crippen molar-refractivity contribution in [2.45, 2.75) is 0 Å². The topological polar surface area (TPSA) is 72.8 Å². The summed E-state index contributed by atoms with van der Waals surface area (Å²) in [6.07, 6.45) is 0. The molecule has 6 nitrogen and oxygen atoms in total. The smallest absolute Gasteiger partial charge is 0.301 e. The summed E-state index contributed by atoms with van der Waals surface area (Å²) in [6.45, 7) is 0. The highest BCUT2D eigenvalue weighted by Gasteiger charge is 2.20. The second-order valence-corrected chi connectivity index (χ2v) is 4.88. The van der Waals surface area contributed by atoms with Crippen molar-refractivity contribution in [1.82, 2.24) is 20.0 Å². The van der Waals surface area contributed by atoms with E-state index in [-0.39, 0.29) is 5.56 Å². The molecule has 2 aromatic rings. The van der Waals surface area contributed by atoms with Crippen LogP contribution in [-0.4, -0.2) is 27.1 Å². The summed E-state index contributed by atoms with van der Waals surface area (Å²) in [5, 5.41) is 12.3. The highest BCUT2D eigenvalue weighted by molar-refractivity contribution is 5.92. The molecular weight excluding hydrogens is 280 g/mol. The molecule has 0 amide bonds. The second kappa shape index (κ2) is 4.70. The van der Waals surface area contributed by atoms with Gasteiger partial charge in [0, 0.05) is 5.39 Å². The largest absolute Gasteiger partial charge is 0.497 e. The Labute approximate surface area is 125 Å². The van der Waals surface area contributed by atoms with Crippen LogP contribution >= 0.6 is 0 Å². The minimum atomic E-state index is -0.248. The molecule has 0 bridgehead atoms. The lowest BCUT2D eigenvalue weighted by atomic mass is 10.1. The van der Waals surface area contributed by atoms with E-state index in [0.717, 1.165) is 10.9 Å². The van der Waals surface area contributed by atoms with Crippen LogP contribution in [0.25, 0.3) is 28.0 Å². The van der Waals surface area contributed by atoms with Gasteiger partial charge in [-0.3, -0.25) is 9.89 Å². The molecule has 4 rings (SSSR count). The van der Waals surface area contributed by atoms with Crippen LogP contribution in [0.5, 0.6) is 5.75 Å². The number of nitrogens with one attached hydrogen (secondary N) is 1. The van der Waals surface area contributed by atoms with Gasteiger partial charge in [0.25, 0.3) is 0 Å². The van der Waals surface area contributed by atoms with E-state index in [2.05, 4.69) is 15.3 Å². The Balaban J connectivity index is 2.06. The fourth-order valence-electron chi connectivity index (χ4n) is 2.48. The van der Waals surface area contributed by atoms with Crippen molar-refractivity contribution in [2.24, 2.45) is 0 Å². The van der Waals surface area contributed by atoms with E-state index in [0.29, 0.717) is 22.8 Å². The first-order valence-corrected chi connectivity index (χ1v) is 6.78. The number of ether oxygens (including phenoxy) is 1. The van der Waals surface area contributed by atoms with Gasteiger partial charge in [0.15, 0.2) is 5.69 Å². The van der Waals surface area contributed by atoms with Crippen LogP contribution in [0, 0.1) is 0 Å². The van der Waals surface area contributed by atoms with Crippen molar-refractivity contribution in [1.29, 1.82) is 0 Å². The van der Waals surface area contributed by atoms with Crippen molar-refractivity contribution in [3.63, 3.8) is 0 Å². The summed E-state index contributed by atoms with van der Waals surface area (Å²) in [6, 6.07) is 14.8. The van der Waals surface area contributed by atoms with E-state index in [9.17, 15) is 4.79 Å². The number of benzene rings is 2. The van der Waals surface area contributed by atoms with Crippen LogP contribution in [0.4, 0.5) is 0 Å². The molecule has 0 saturated heterocycles. The molecule has 0 unspecified atom stereocenters. The van der Waals surface area contributed by atoms with Gasteiger partial charge in [-0.15, -0.1) is 0 Å². The van der Waals surface area contributed by atoms with E-state index in [1.54, 1.807) is 7.11 Å². The number of rotatable bonds is 2. The second-order valence-electron chi connectivity index (χ2n) is 4.88. The standard InChI is InChI=1S/C16H12N4O2/c1-22-11-7-8-13-12(9-11)14-15(18-17-13)16(21)20(19-14)10-5-3-2-4-6-10/h2-9,17H,1H3. The molecule has 0 aromatic heterocycles. The first-order valence-electron chi connectivity index (χ1n) is 6.78. The summed E-state index contributed by atoms with van der Waals surface area (Å²) in [4.78, 5) is 12.5. The van der Waals surface area contributed by atoms with Crippen LogP contribution in [-0.2, 0) is 0 Å². The average Bonchev–Trinajstić information content (AvgIpc) is 2.92. The normalized spacial score (nSPS) is 11.1. The number of aromatic nitrogens is 4. The van der Waals surface area contributed by atoms with E-state index in [1.807, 2.05) is 48.5 Å². The zero-order valence-corrected chi connectivity index (χ0v) is 11.8. The molecule has 2 aliphatic heterocycles. The molecule has 2 aromatic carbocycles. The Kier molecular flexibility index (Phi) is 2.69. The van der Waals surface area contributed by atoms with Crippen LogP contribution in [0.2, 0.25) is 0 Å². The summed E-state index contributed by atoms with van der Waals surface area (Å²) in [7, 11) is 1.60. The third-order valence-electron chi connectivity index (χ3n) is 3.59. The van der Waals surface area contributed by atoms with Gasteiger partial charge in [0.05, 0.1) is 18.3 Å². The molecule has 0 atom stereocenters. The van der Waals surface area contributed by atoms with Gasteiger partial charge < -0.3 is 4.74 Å². The maximum absolute atomic E-state index is 12.5. The third kappa shape index (κ3) is 1.77. The van der Waals surface area contributed by atoms with Gasteiger partial charge in [-0.25, -0.2) is 0 Å².